The number of amides is 1. The summed E-state index contributed by atoms with van der Waals surface area (Å²) in [4.78, 5) is 22.5. The van der Waals surface area contributed by atoms with Gasteiger partial charge in [-0.05, 0) is 24.3 Å². The molecule has 1 aromatic carbocycles. The highest BCUT2D eigenvalue weighted by Gasteiger charge is 2.31. The predicted octanol–water partition coefficient (Wildman–Crippen LogP) is 2.89. The van der Waals surface area contributed by atoms with Gasteiger partial charge in [0.05, 0.1) is 6.20 Å². The molecule has 2 aromatic heterocycles. The van der Waals surface area contributed by atoms with Crippen LogP contribution in [0.5, 0.6) is 11.6 Å². The van der Waals surface area contributed by atoms with Crippen molar-refractivity contribution in [3.63, 3.8) is 0 Å². The Morgan fingerprint density at radius 2 is 1.97 bits per heavy atom. The highest BCUT2D eigenvalue weighted by Crippen LogP contribution is 2.26. The number of hydrogen-bond acceptors (Lipinski definition) is 6. The van der Waals surface area contributed by atoms with E-state index < -0.39 is 6.36 Å². The first-order chi connectivity index (χ1) is 14.8. The standard InChI is InChI=1S/C20H18F3N5O3/c1-27-17-6-9-28(19(29)13-2-4-14(5-3-13)31-20(21,22)23)11-15(17)16(26-27)12-30-18-10-24-7-8-25-18/h2-5,7-8,10H,6,9,11-12H2,1H3. The van der Waals surface area contributed by atoms with Crippen LogP contribution in [-0.2, 0) is 26.6 Å². The summed E-state index contributed by atoms with van der Waals surface area (Å²) < 4.78 is 48.2. The van der Waals surface area contributed by atoms with Crippen LogP contribution in [0.1, 0.15) is 27.3 Å². The summed E-state index contributed by atoms with van der Waals surface area (Å²) in [7, 11) is 1.83. The summed E-state index contributed by atoms with van der Waals surface area (Å²) in [6, 6.07) is 4.89. The molecule has 0 saturated carbocycles. The van der Waals surface area contributed by atoms with Crippen LogP contribution in [0.2, 0.25) is 0 Å². The molecule has 0 atom stereocenters. The first-order valence-corrected chi connectivity index (χ1v) is 9.37. The van der Waals surface area contributed by atoms with Gasteiger partial charge in [-0.1, -0.05) is 0 Å². The van der Waals surface area contributed by atoms with Crippen LogP contribution in [-0.4, -0.2) is 43.5 Å². The first kappa shape index (κ1) is 20.6. The number of fused-ring (bicyclic) bond motifs is 1. The van der Waals surface area contributed by atoms with Crippen LogP contribution in [0.15, 0.2) is 42.9 Å². The molecule has 3 heterocycles. The topological polar surface area (TPSA) is 82.4 Å². The molecule has 11 heteroatoms. The predicted molar refractivity (Wildman–Crippen MR) is 101 cm³/mol. The van der Waals surface area contributed by atoms with Gasteiger partial charge in [0.2, 0.25) is 5.88 Å². The van der Waals surface area contributed by atoms with Crippen LogP contribution in [0.3, 0.4) is 0 Å². The SMILES string of the molecule is Cn1nc(COc2cnccn2)c2c1CCN(C(=O)c1ccc(OC(F)(F)F)cc1)C2. The molecular formula is C20H18F3N5O3. The Bertz CT molecular complexity index is 1070. The minimum Gasteiger partial charge on any atom is -0.470 e. The van der Waals surface area contributed by atoms with E-state index in [1.807, 2.05) is 7.05 Å². The van der Waals surface area contributed by atoms with Gasteiger partial charge in [-0.3, -0.25) is 14.5 Å². The zero-order valence-electron chi connectivity index (χ0n) is 16.5. The molecule has 0 saturated heterocycles. The van der Waals surface area contributed by atoms with Crippen molar-refractivity contribution in [3.8, 4) is 11.6 Å². The van der Waals surface area contributed by atoms with E-state index in [4.69, 9.17) is 4.74 Å². The van der Waals surface area contributed by atoms with Crippen LogP contribution in [0.4, 0.5) is 13.2 Å². The number of ether oxygens (including phenoxy) is 2. The number of nitrogens with zero attached hydrogens (tertiary/aromatic N) is 5. The molecule has 8 nitrogen and oxygen atoms in total. The van der Waals surface area contributed by atoms with Gasteiger partial charge in [0, 0.05) is 55.8 Å². The molecule has 31 heavy (non-hydrogen) atoms. The van der Waals surface area contributed by atoms with Gasteiger partial charge in [0.1, 0.15) is 18.1 Å². The lowest BCUT2D eigenvalue weighted by atomic mass is 10.0. The summed E-state index contributed by atoms with van der Waals surface area (Å²) in [5.74, 6) is -0.290. The molecule has 0 spiro atoms. The van der Waals surface area contributed by atoms with Crippen molar-refractivity contribution >= 4 is 5.91 Å². The Hall–Kier alpha value is -3.63. The maximum absolute atomic E-state index is 12.9. The summed E-state index contributed by atoms with van der Waals surface area (Å²) in [5, 5.41) is 4.50. The van der Waals surface area contributed by atoms with Crippen molar-refractivity contribution in [2.75, 3.05) is 6.54 Å². The summed E-state index contributed by atoms with van der Waals surface area (Å²) >= 11 is 0. The molecule has 3 aromatic rings. The molecule has 1 aliphatic heterocycles. The Kier molecular flexibility index (Phi) is 5.49. The molecule has 1 amide bonds. The molecule has 162 valence electrons. The smallest absolute Gasteiger partial charge is 0.470 e. The Morgan fingerprint density at radius 3 is 2.65 bits per heavy atom. The number of alkyl halides is 3. The maximum Gasteiger partial charge on any atom is 0.573 e. The number of hydrogen-bond donors (Lipinski definition) is 0. The van der Waals surface area contributed by atoms with E-state index in [2.05, 4.69) is 19.8 Å². The molecule has 0 fully saturated rings. The number of halogens is 3. The number of carbonyl (C=O) groups is 1. The van der Waals surface area contributed by atoms with Gasteiger partial charge >= 0.3 is 6.36 Å². The minimum absolute atomic E-state index is 0.174. The number of carbonyl (C=O) groups excluding carboxylic acids is 1. The van der Waals surface area contributed by atoms with E-state index in [1.54, 1.807) is 15.8 Å². The van der Waals surface area contributed by atoms with Gasteiger partial charge in [0.15, 0.2) is 0 Å². The summed E-state index contributed by atoms with van der Waals surface area (Å²) in [5.41, 5.74) is 2.87. The van der Waals surface area contributed by atoms with Gasteiger partial charge in [-0.2, -0.15) is 5.10 Å². The van der Waals surface area contributed by atoms with Crippen LogP contribution in [0, 0.1) is 0 Å². The quantitative estimate of drug-likeness (QED) is 0.616. The molecule has 0 unspecified atom stereocenters. The van der Waals surface area contributed by atoms with E-state index in [-0.39, 0.29) is 23.8 Å². The Balaban J connectivity index is 1.47. The van der Waals surface area contributed by atoms with Crippen LogP contribution < -0.4 is 9.47 Å². The third-order valence-electron chi connectivity index (χ3n) is 4.84. The minimum atomic E-state index is -4.78. The molecule has 4 rings (SSSR count). The zero-order valence-corrected chi connectivity index (χ0v) is 16.5. The van der Waals surface area contributed by atoms with E-state index >= 15 is 0 Å². The second-order valence-electron chi connectivity index (χ2n) is 6.88. The molecular weight excluding hydrogens is 415 g/mol. The maximum atomic E-state index is 12.9. The van der Waals surface area contributed by atoms with E-state index in [9.17, 15) is 18.0 Å². The number of benzene rings is 1. The van der Waals surface area contributed by atoms with Crippen molar-refractivity contribution in [2.24, 2.45) is 7.05 Å². The lowest BCUT2D eigenvalue weighted by molar-refractivity contribution is -0.274. The van der Waals surface area contributed by atoms with Gasteiger partial charge in [-0.25, -0.2) is 4.98 Å². The Morgan fingerprint density at radius 1 is 1.19 bits per heavy atom. The van der Waals surface area contributed by atoms with E-state index in [0.29, 0.717) is 31.1 Å². The fourth-order valence-electron chi connectivity index (χ4n) is 3.44. The molecule has 0 bridgehead atoms. The molecule has 0 radical (unpaired) electrons. The average Bonchev–Trinajstić information content (AvgIpc) is 3.07. The summed E-state index contributed by atoms with van der Waals surface area (Å²) in [6.45, 7) is 0.964. The number of rotatable bonds is 5. The Labute approximate surface area is 175 Å². The normalized spacial score (nSPS) is 13.6. The molecule has 0 aliphatic carbocycles. The van der Waals surface area contributed by atoms with Gasteiger partial charge < -0.3 is 14.4 Å². The third kappa shape index (κ3) is 4.76. The van der Waals surface area contributed by atoms with Crippen molar-refractivity contribution in [3.05, 3.63) is 65.4 Å². The van der Waals surface area contributed by atoms with Gasteiger partial charge in [0.25, 0.3) is 5.91 Å². The fourth-order valence-corrected chi connectivity index (χ4v) is 3.44. The lowest BCUT2D eigenvalue weighted by Gasteiger charge is -2.28. The largest absolute Gasteiger partial charge is 0.573 e. The molecule has 1 aliphatic rings. The van der Waals surface area contributed by atoms with Crippen LogP contribution >= 0.6 is 0 Å². The highest BCUT2D eigenvalue weighted by molar-refractivity contribution is 5.94. The first-order valence-electron chi connectivity index (χ1n) is 9.37. The van der Waals surface area contributed by atoms with Gasteiger partial charge in [-0.15, -0.1) is 13.2 Å². The second kappa shape index (κ2) is 8.25. The van der Waals surface area contributed by atoms with E-state index in [0.717, 1.165) is 23.4 Å². The number of aryl methyl sites for hydroxylation is 1. The second-order valence-corrected chi connectivity index (χ2v) is 6.88. The number of aromatic nitrogens is 4. The molecule has 0 N–H and O–H groups in total. The third-order valence-corrected chi connectivity index (χ3v) is 4.84. The van der Waals surface area contributed by atoms with Crippen LogP contribution in [0.25, 0.3) is 0 Å². The lowest BCUT2D eigenvalue weighted by Crippen LogP contribution is -2.36. The van der Waals surface area contributed by atoms with E-state index in [1.165, 1.54) is 24.5 Å². The monoisotopic (exact) mass is 433 g/mol. The van der Waals surface area contributed by atoms with Crippen molar-refractivity contribution in [1.82, 2.24) is 24.6 Å². The van der Waals surface area contributed by atoms with Crippen molar-refractivity contribution in [2.45, 2.75) is 25.9 Å². The van der Waals surface area contributed by atoms with Crippen molar-refractivity contribution in [1.29, 1.82) is 0 Å². The highest BCUT2D eigenvalue weighted by atomic mass is 19.4. The summed E-state index contributed by atoms with van der Waals surface area (Å²) in [6.07, 6.45) is 0.386. The zero-order chi connectivity index (χ0) is 22.0. The fraction of sp³-hybridized carbons (Fsp3) is 0.300. The van der Waals surface area contributed by atoms with Crippen molar-refractivity contribution < 1.29 is 27.4 Å². The average molecular weight is 433 g/mol.